The number of halogens is 6. The molecule has 0 spiro atoms. The molecule has 161 valence electrons. The largest absolute Gasteiger partial charge is 2.00 e. The van der Waals surface area contributed by atoms with Gasteiger partial charge in [-0.15, -0.1) is 0 Å². The summed E-state index contributed by atoms with van der Waals surface area (Å²) in [7, 11) is -12.8. The molecule has 0 fully saturated rings. The molecule has 0 aromatic heterocycles. The minimum absolute atomic E-state index is 0. The Morgan fingerprint density at radius 2 is 0.800 bits per heavy atom. The third-order valence-electron chi connectivity index (χ3n) is 1.09. The molecule has 0 rings (SSSR count). The summed E-state index contributed by atoms with van der Waals surface area (Å²) in [5, 5.41) is 7.47. The van der Waals surface area contributed by atoms with Crippen molar-refractivity contribution in [2.24, 2.45) is 0 Å². The SMILES string of the molecule is O.O.O=C([O-])C(F)(F)S(=O)(=O)F.O=C([O-])C(F)(F)S(=O)(=O)F.[Cu+2].[OH3+].[OH3+]. The van der Waals surface area contributed by atoms with Gasteiger partial charge in [-0.1, -0.05) is 7.77 Å². The van der Waals surface area contributed by atoms with E-state index in [1.54, 1.807) is 0 Å². The van der Waals surface area contributed by atoms with Crippen molar-refractivity contribution in [2.75, 3.05) is 0 Å². The van der Waals surface area contributed by atoms with Crippen LogP contribution in [0.25, 0.3) is 0 Å². The van der Waals surface area contributed by atoms with Gasteiger partial charge >= 0.3 is 48.0 Å². The molecule has 12 nitrogen and oxygen atoms in total. The first-order valence-electron chi connectivity index (χ1n) is 3.46. The van der Waals surface area contributed by atoms with Crippen LogP contribution in [-0.4, -0.2) is 50.2 Å². The molecule has 0 aliphatic heterocycles. The van der Waals surface area contributed by atoms with Gasteiger partial charge in [0.2, 0.25) is 0 Å². The van der Waals surface area contributed by atoms with Gasteiger partial charge in [0.15, 0.2) is 0 Å². The van der Waals surface area contributed by atoms with Crippen LogP contribution in [0, 0.1) is 0 Å². The molecule has 0 saturated carbocycles. The second-order valence-corrected chi connectivity index (χ2v) is 5.26. The van der Waals surface area contributed by atoms with Crippen molar-refractivity contribution in [3.05, 3.63) is 0 Å². The number of carbonyl (C=O) groups excluding carboxylic acids is 2. The van der Waals surface area contributed by atoms with Gasteiger partial charge in [0.05, 0.1) is 0 Å². The van der Waals surface area contributed by atoms with E-state index in [4.69, 9.17) is 0 Å². The second kappa shape index (κ2) is 13.0. The summed E-state index contributed by atoms with van der Waals surface area (Å²) in [4.78, 5) is 18.4. The van der Waals surface area contributed by atoms with Gasteiger partial charge in [0.1, 0.15) is 11.9 Å². The number of aliphatic carboxylic acids is 2. The normalized spacial score (nSPS) is 10.5. The maximum absolute atomic E-state index is 11.4. The van der Waals surface area contributed by atoms with Crippen LogP contribution in [0.1, 0.15) is 0 Å². The molecule has 1 radical (unpaired) electrons. The summed E-state index contributed by atoms with van der Waals surface area (Å²) >= 11 is 0. The predicted octanol–water partition coefficient (Wildman–Crippen LogP) is -6.24. The van der Waals surface area contributed by atoms with Crippen LogP contribution < -0.4 is 10.2 Å². The summed E-state index contributed by atoms with van der Waals surface area (Å²) in [5.41, 5.74) is 0. The molecular formula is C4H10CuF6O12S2+2. The van der Waals surface area contributed by atoms with Crippen molar-refractivity contribution in [2.45, 2.75) is 10.5 Å². The fraction of sp³-hybridized carbons (Fsp3) is 0.500. The number of hydrogen-bond acceptors (Lipinski definition) is 8. The molecule has 0 saturated heterocycles. The van der Waals surface area contributed by atoms with Crippen molar-refractivity contribution in [3.63, 3.8) is 0 Å². The van der Waals surface area contributed by atoms with Gasteiger partial charge < -0.3 is 41.7 Å². The average molecular weight is 492 g/mol. The number of rotatable bonds is 4. The van der Waals surface area contributed by atoms with Gasteiger partial charge in [-0.2, -0.15) is 34.4 Å². The van der Waals surface area contributed by atoms with Gasteiger partial charge in [0, 0.05) is 0 Å². The number of carboxylic acid groups (broad SMARTS) is 2. The molecule has 0 atom stereocenters. The van der Waals surface area contributed by atoms with Crippen molar-refractivity contribution in [3.8, 4) is 0 Å². The van der Waals surface area contributed by atoms with Crippen molar-refractivity contribution < 1.29 is 101 Å². The van der Waals surface area contributed by atoms with E-state index in [1.807, 2.05) is 0 Å². The molecule has 10 N–H and O–H groups in total. The van der Waals surface area contributed by atoms with E-state index in [-0.39, 0.29) is 39.0 Å². The molecule has 0 aromatic carbocycles. The average Bonchev–Trinajstić information content (AvgIpc) is 2.14. The summed E-state index contributed by atoms with van der Waals surface area (Å²) in [6, 6.07) is 0. The van der Waals surface area contributed by atoms with Gasteiger partial charge in [0.25, 0.3) is 0 Å². The number of hydrogen-bond donors (Lipinski definition) is 0. The Morgan fingerprint density at radius 3 is 0.800 bits per heavy atom. The van der Waals surface area contributed by atoms with E-state index in [9.17, 15) is 62.0 Å². The topological polar surface area (TPSA) is 278 Å². The first-order chi connectivity index (χ1) is 8.39. The zero-order valence-corrected chi connectivity index (χ0v) is 13.4. The maximum atomic E-state index is 11.4. The van der Waals surface area contributed by atoms with Gasteiger partial charge in [-0.3, -0.25) is 0 Å². The Hall–Kier alpha value is -1.22. The van der Waals surface area contributed by atoms with Crippen molar-refractivity contribution >= 4 is 32.4 Å². The zero-order chi connectivity index (χ0) is 17.2. The predicted molar refractivity (Wildman–Crippen MR) is 56.9 cm³/mol. The van der Waals surface area contributed by atoms with Crippen LogP contribution in [0.5, 0.6) is 0 Å². The molecule has 21 heteroatoms. The first kappa shape index (κ1) is 43.8. The Bertz CT molecular complexity index is 547. The van der Waals surface area contributed by atoms with E-state index >= 15 is 0 Å². The van der Waals surface area contributed by atoms with Crippen LogP contribution in [0.15, 0.2) is 0 Å². The Labute approximate surface area is 144 Å². The van der Waals surface area contributed by atoms with Crippen molar-refractivity contribution in [1.82, 2.24) is 0 Å². The molecule has 25 heavy (non-hydrogen) atoms. The third-order valence-corrected chi connectivity index (χ3v) is 2.65. The van der Waals surface area contributed by atoms with Crippen LogP contribution >= 0.6 is 0 Å². The van der Waals surface area contributed by atoms with E-state index in [2.05, 4.69) is 0 Å². The smallest absolute Gasteiger partial charge is 0.543 e. The van der Waals surface area contributed by atoms with Crippen LogP contribution in [0.3, 0.4) is 0 Å². The Kier molecular flexibility index (Phi) is 22.9. The quantitative estimate of drug-likeness (QED) is 0.157. The fourth-order valence-corrected chi connectivity index (χ4v) is 0.597. The minimum atomic E-state index is -6.40. The monoisotopic (exact) mass is 491 g/mol. The number of carboxylic acids is 2. The summed E-state index contributed by atoms with van der Waals surface area (Å²) in [6.45, 7) is 0. The molecule has 0 bridgehead atoms. The zero-order valence-electron chi connectivity index (χ0n) is 10.8. The Balaban J connectivity index is -0.0000000432. The van der Waals surface area contributed by atoms with E-state index in [0.29, 0.717) is 0 Å². The summed E-state index contributed by atoms with van der Waals surface area (Å²) in [6.07, 6.45) is 0. The molecule has 0 amide bonds. The number of alkyl halides is 4. The molecule has 0 heterocycles. The van der Waals surface area contributed by atoms with Gasteiger partial charge in [-0.25, -0.2) is 0 Å². The molecule has 0 aliphatic carbocycles. The fourth-order valence-electron chi connectivity index (χ4n) is 0.199. The maximum Gasteiger partial charge on any atom is 2.00 e. The van der Waals surface area contributed by atoms with E-state index in [1.165, 1.54) is 0 Å². The van der Waals surface area contributed by atoms with Crippen LogP contribution in [-0.2, 0) is 58.1 Å². The minimum Gasteiger partial charge on any atom is -0.543 e. The van der Waals surface area contributed by atoms with E-state index in [0.717, 1.165) is 0 Å². The number of carbonyl (C=O) groups is 2. The van der Waals surface area contributed by atoms with E-state index < -0.39 is 42.9 Å². The van der Waals surface area contributed by atoms with Gasteiger partial charge in [-0.05, 0) is 0 Å². The summed E-state index contributed by atoms with van der Waals surface area (Å²) in [5.74, 6) is -6.56. The Morgan fingerprint density at radius 1 is 0.680 bits per heavy atom. The molecule has 0 aliphatic rings. The third kappa shape index (κ3) is 11.9. The van der Waals surface area contributed by atoms with Crippen LogP contribution in [0.2, 0.25) is 0 Å². The molecule has 0 aromatic rings. The second-order valence-electron chi connectivity index (χ2n) is 2.48. The summed E-state index contributed by atoms with van der Waals surface area (Å²) < 4.78 is 105. The molecule has 0 unspecified atom stereocenters. The molecular weight excluding hydrogens is 482 g/mol. The standard InChI is InChI=1S/2C2HF3O4S.Cu.4H2O/c2*3-2(4,1(6)7)10(5,8)9;;;;;/h2*(H,6,7);;4*1H2/q;;+2;;;;. The first-order valence-corrected chi connectivity index (χ1v) is 6.22. The van der Waals surface area contributed by atoms with Crippen LogP contribution in [0.4, 0.5) is 25.3 Å². The van der Waals surface area contributed by atoms with Crippen molar-refractivity contribution in [1.29, 1.82) is 0 Å².